The number of aryl methyl sites for hydroxylation is 1. The van der Waals surface area contributed by atoms with E-state index in [4.69, 9.17) is 16.3 Å². The number of nitrogens with one attached hydrogen (secondary N) is 2. The number of pyridine rings is 1. The molecule has 3 rings (SSSR count). The molecule has 0 radical (unpaired) electrons. The van der Waals surface area contributed by atoms with Gasteiger partial charge in [-0.25, -0.2) is 0 Å². The van der Waals surface area contributed by atoms with Crippen LogP contribution in [0.15, 0.2) is 54.7 Å². The molecular weight excluding hydrogens is 366 g/mol. The van der Waals surface area contributed by atoms with Crippen molar-refractivity contribution in [2.24, 2.45) is 0 Å². The number of halogens is 1. The fourth-order valence-corrected chi connectivity index (χ4v) is 2.71. The van der Waals surface area contributed by atoms with Crippen molar-refractivity contribution in [1.82, 2.24) is 15.8 Å². The molecule has 0 saturated carbocycles. The zero-order chi connectivity index (χ0) is 19.2. The quantitative estimate of drug-likeness (QED) is 0.662. The monoisotopic (exact) mass is 383 g/mol. The van der Waals surface area contributed by atoms with E-state index in [0.717, 1.165) is 17.4 Å². The molecule has 2 amide bonds. The lowest BCUT2D eigenvalue weighted by Crippen LogP contribution is -2.43. The van der Waals surface area contributed by atoms with Gasteiger partial charge >= 0.3 is 0 Å². The number of aromatic nitrogens is 1. The van der Waals surface area contributed by atoms with Crippen LogP contribution in [0.3, 0.4) is 0 Å². The minimum absolute atomic E-state index is 0.275. The Bertz CT molecular complexity index is 974. The molecule has 0 aliphatic rings. The predicted molar refractivity (Wildman–Crippen MR) is 104 cm³/mol. The fraction of sp³-hybridized carbons (Fsp3) is 0.150. The number of hydrogen-bond acceptors (Lipinski definition) is 4. The summed E-state index contributed by atoms with van der Waals surface area (Å²) in [5, 5.41) is 1.29. The minimum atomic E-state index is -0.493. The topological polar surface area (TPSA) is 80.3 Å². The van der Waals surface area contributed by atoms with E-state index in [1.807, 2.05) is 25.1 Å². The van der Waals surface area contributed by atoms with Crippen LogP contribution in [0, 0.1) is 0 Å². The van der Waals surface area contributed by atoms with Gasteiger partial charge < -0.3 is 4.74 Å². The number of fused-ring (bicyclic) bond motifs is 1. The Morgan fingerprint density at radius 1 is 1.07 bits per heavy atom. The molecule has 6 nitrogen and oxygen atoms in total. The molecule has 2 aromatic carbocycles. The van der Waals surface area contributed by atoms with Crippen molar-refractivity contribution in [3.05, 3.63) is 70.9 Å². The van der Waals surface area contributed by atoms with E-state index in [0.29, 0.717) is 21.9 Å². The van der Waals surface area contributed by atoms with E-state index in [2.05, 4.69) is 15.8 Å². The first kappa shape index (κ1) is 18.7. The normalized spacial score (nSPS) is 10.4. The Balaban J connectivity index is 1.55. The van der Waals surface area contributed by atoms with Crippen molar-refractivity contribution in [3.63, 3.8) is 0 Å². The number of rotatable bonds is 5. The summed E-state index contributed by atoms with van der Waals surface area (Å²) in [5.74, 6) is -0.455. The molecule has 1 heterocycles. The number of amides is 2. The van der Waals surface area contributed by atoms with Gasteiger partial charge in [-0.05, 0) is 48.4 Å². The highest BCUT2D eigenvalue weighted by Crippen LogP contribution is 2.29. The third-order valence-corrected chi connectivity index (χ3v) is 4.31. The zero-order valence-corrected chi connectivity index (χ0v) is 15.4. The van der Waals surface area contributed by atoms with Gasteiger partial charge in [-0.3, -0.25) is 25.4 Å². The average Bonchev–Trinajstić information content (AvgIpc) is 2.71. The van der Waals surface area contributed by atoms with Crippen LogP contribution in [0.2, 0.25) is 5.02 Å². The summed E-state index contributed by atoms with van der Waals surface area (Å²) < 4.78 is 5.52. The summed E-state index contributed by atoms with van der Waals surface area (Å²) in [7, 11) is 0. The number of nitrogens with zero attached hydrogens (tertiary/aromatic N) is 1. The molecule has 0 spiro atoms. The number of hydrazine groups is 1. The van der Waals surface area contributed by atoms with Gasteiger partial charge in [0.05, 0.1) is 5.02 Å². The van der Waals surface area contributed by atoms with Gasteiger partial charge in [-0.1, -0.05) is 30.7 Å². The van der Waals surface area contributed by atoms with Crippen LogP contribution in [-0.2, 0) is 11.2 Å². The van der Waals surface area contributed by atoms with Crippen LogP contribution < -0.4 is 15.6 Å². The largest absolute Gasteiger partial charge is 0.481 e. The Kier molecular flexibility index (Phi) is 5.88. The molecule has 27 heavy (non-hydrogen) atoms. The number of carbonyl (C=O) groups excluding carboxylic acids is 2. The first-order chi connectivity index (χ1) is 13.1. The van der Waals surface area contributed by atoms with E-state index >= 15 is 0 Å². The Hall–Kier alpha value is -3.12. The fourth-order valence-electron chi connectivity index (χ4n) is 2.50. The molecule has 138 valence electrons. The molecule has 0 fully saturated rings. The predicted octanol–water partition coefficient (Wildman–Crippen LogP) is 3.29. The average molecular weight is 384 g/mol. The van der Waals surface area contributed by atoms with Crippen LogP contribution in [0.25, 0.3) is 10.9 Å². The van der Waals surface area contributed by atoms with Crippen molar-refractivity contribution in [1.29, 1.82) is 0 Å². The highest BCUT2D eigenvalue weighted by Gasteiger charge is 2.10. The molecule has 0 aliphatic carbocycles. The maximum absolute atomic E-state index is 12.0. The smallest absolute Gasteiger partial charge is 0.276 e. The number of ether oxygens (including phenoxy) is 1. The van der Waals surface area contributed by atoms with E-state index < -0.39 is 11.8 Å². The van der Waals surface area contributed by atoms with Crippen molar-refractivity contribution in [2.75, 3.05) is 6.61 Å². The molecule has 2 N–H and O–H groups in total. The lowest BCUT2D eigenvalue weighted by Gasteiger charge is -2.11. The summed E-state index contributed by atoms with van der Waals surface area (Å²) in [6.45, 7) is 1.76. The molecular formula is C20H18ClN3O3. The summed E-state index contributed by atoms with van der Waals surface area (Å²) in [6, 6.07) is 14.1. The second kappa shape index (κ2) is 8.51. The number of benzene rings is 2. The Morgan fingerprint density at radius 3 is 2.59 bits per heavy atom. The molecule has 1 aromatic heterocycles. The lowest BCUT2D eigenvalue weighted by atomic mass is 10.1. The molecule has 0 unspecified atom stereocenters. The Morgan fingerprint density at radius 2 is 1.85 bits per heavy atom. The second-order valence-corrected chi connectivity index (χ2v) is 6.19. The minimum Gasteiger partial charge on any atom is -0.481 e. The van der Waals surface area contributed by atoms with Crippen molar-refractivity contribution in [3.8, 4) is 5.75 Å². The highest BCUT2D eigenvalue weighted by atomic mass is 35.5. The van der Waals surface area contributed by atoms with Crippen LogP contribution in [0.4, 0.5) is 0 Å². The van der Waals surface area contributed by atoms with Gasteiger partial charge in [0.25, 0.3) is 11.8 Å². The first-order valence-electron chi connectivity index (χ1n) is 8.42. The van der Waals surface area contributed by atoms with Crippen LogP contribution in [0.1, 0.15) is 22.8 Å². The molecule has 0 bridgehead atoms. The first-order valence-corrected chi connectivity index (χ1v) is 8.80. The van der Waals surface area contributed by atoms with Gasteiger partial charge in [0.15, 0.2) is 6.61 Å². The van der Waals surface area contributed by atoms with Crippen LogP contribution in [-0.4, -0.2) is 23.4 Å². The van der Waals surface area contributed by atoms with Gasteiger partial charge in [-0.2, -0.15) is 0 Å². The molecule has 3 aromatic rings. The van der Waals surface area contributed by atoms with Crippen LogP contribution in [0.5, 0.6) is 5.75 Å². The summed E-state index contributed by atoms with van der Waals surface area (Å²) in [4.78, 5) is 28.2. The highest BCUT2D eigenvalue weighted by molar-refractivity contribution is 6.35. The van der Waals surface area contributed by atoms with Gasteiger partial charge in [0, 0.05) is 17.1 Å². The second-order valence-electron chi connectivity index (χ2n) is 5.79. The Labute approximate surface area is 161 Å². The van der Waals surface area contributed by atoms with E-state index in [1.165, 1.54) is 0 Å². The maximum atomic E-state index is 12.0. The van der Waals surface area contributed by atoms with E-state index in [-0.39, 0.29) is 6.61 Å². The summed E-state index contributed by atoms with van der Waals surface area (Å²) >= 11 is 6.13. The van der Waals surface area contributed by atoms with Gasteiger partial charge in [0.2, 0.25) is 0 Å². The lowest BCUT2D eigenvalue weighted by molar-refractivity contribution is -0.123. The summed E-state index contributed by atoms with van der Waals surface area (Å²) in [6.07, 6.45) is 2.51. The molecule has 0 atom stereocenters. The third kappa shape index (κ3) is 4.54. The molecule has 0 saturated heterocycles. The molecule has 7 heteroatoms. The maximum Gasteiger partial charge on any atom is 0.276 e. The van der Waals surface area contributed by atoms with E-state index in [1.54, 1.807) is 36.5 Å². The SMILES string of the molecule is CCc1ccc(C(=O)NNC(=O)COc2ccc(Cl)c3cccnc23)cc1. The zero-order valence-electron chi connectivity index (χ0n) is 14.7. The summed E-state index contributed by atoms with van der Waals surface area (Å²) in [5.41, 5.74) is 6.85. The van der Waals surface area contributed by atoms with Crippen molar-refractivity contribution >= 4 is 34.3 Å². The van der Waals surface area contributed by atoms with Gasteiger partial charge in [0.1, 0.15) is 11.3 Å². The van der Waals surface area contributed by atoms with Crippen molar-refractivity contribution in [2.45, 2.75) is 13.3 Å². The van der Waals surface area contributed by atoms with E-state index in [9.17, 15) is 9.59 Å². The standard InChI is InChI=1S/C20H18ClN3O3/c1-2-13-5-7-14(8-6-13)20(26)24-23-18(25)12-27-17-10-9-16(21)15-4-3-11-22-19(15)17/h3-11H,2,12H2,1H3,(H,23,25)(H,24,26). The number of carbonyl (C=O) groups is 2. The van der Waals surface area contributed by atoms with Gasteiger partial charge in [-0.15, -0.1) is 0 Å². The number of hydrogen-bond donors (Lipinski definition) is 2. The van der Waals surface area contributed by atoms with Crippen molar-refractivity contribution < 1.29 is 14.3 Å². The molecule has 0 aliphatic heterocycles. The third-order valence-electron chi connectivity index (χ3n) is 3.98. The van der Waals surface area contributed by atoms with Crippen LogP contribution >= 0.6 is 11.6 Å².